The van der Waals surface area contributed by atoms with Gasteiger partial charge in [-0.1, -0.05) is 0 Å². The van der Waals surface area contributed by atoms with Gasteiger partial charge in [0.05, 0.1) is 0 Å². The summed E-state index contributed by atoms with van der Waals surface area (Å²) in [4.78, 5) is 0. The van der Waals surface area contributed by atoms with Gasteiger partial charge in [-0.3, -0.25) is 0 Å². The van der Waals surface area contributed by atoms with Gasteiger partial charge in [0.1, 0.15) is 6.10 Å². The molecule has 0 spiro atoms. The van der Waals surface area contributed by atoms with E-state index in [0.717, 1.165) is 18.7 Å². The van der Waals surface area contributed by atoms with E-state index in [1.54, 1.807) is 0 Å². The first kappa shape index (κ1) is 10.3. The molecular formula is C10H10F3NO. The second-order valence-corrected chi connectivity index (χ2v) is 3.40. The van der Waals surface area contributed by atoms with E-state index in [-0.39, 0.29) is 6.10 Å². The first-order chi connectivity index (χ1) is 7.18. The van der Waals surface area contributed by atoms with Crippen LogP contribution >= 0.6 is 0 Å². The molecule has 0 aliphatic carbocycles. The molecule has 1 saturated heterocycles. The predicted molar refractivity (Wildman–Crippen MR) is 48.2 cm³/mol. The molecule has 1 fully saturated rings. The third kappa shape index (κ3) is 2.07. The van der Waals surface area contributed by atoms with E-state index in [0.29, 0.717) is 13.0 Å². The van der Waals surface area contributed by atoms with Crippen LogP contribution < -0.4 is 10.1 Å². The average Bonchev–Trinajstić information content (AvgIpc) is 2.71. The van der Waals surface area contributed by atoms with E-state index < -0.39 is 23.2 Å². The van der Waals surface area contributed by atoms with Gasteiger partial charge in [0.15, 0.2) is 17.4 Å². The lowest BCUT2D eigenvalue weighted by Crippen LogP contribution is -2.21. The van der Waals surface area contributed by atoms with Gasteiger partial charge in [0, 0.05) is 6.54 Å². The van der Waals surface area contributed by atoms with Crippen LogP contribution in [-0.4, -0.2) is 19.2 Å². The van der Waals surface area contributed by atoms with Gasteiger partial charge in [0.2, 0.25) is 5.82 Å². The summed E-state index contributed by atoms with van der Waals surface area (Å²) in [7, 11) is 0. The lowest BCUT2D eigenvalue weighted by Gasteiger charge is -2.13. The Labute approximate surface area is 85.0 Å². The van der Waals surface area contributed by atoms with Gasteiger partial charge in [-0.25, -0.2) is 8.78 Å². The maximum atomic E-state index is 13.2. The Bertz CT molecular complexity index is 364. The fourth-order valence-electron chi connectivity index (χ4n) is 1.51. The van der Waals surface area contributed by atoms with Crippen LogP contribution in [0.25, 0.3) is 0 Å². The van der Waals surface area contributed by atoms with Crippen LogP contribution in [0.1, 0.15) is 6.42 Å². The van der Waals surface area contributed by atoms with Crippen LogP contribution in [-0.2, 0) is 0 Å². The van der Waals surface area contributed by atoms with Crippen LogP contribution in [0.2, 0.25) is 0 Å². The highest BCUT2D eigenvalue weighted by Crippen LogP contribution is 2.25. The summed E-state index contributed by atoms with van der Waals surface area (Å²) in [6.07, 6.45) is 0.367. The molecule has 1 N–H and O–H groups in total. The molecule has 2 rings (SSSR count). The lowest BCUT2D eigenvalue weighted by atomic mass is 10.3. The fourth-order valence-corrected chi connectivity index (χ4v) is 1.51. The molecule has 0 radical (unpaired) electrons. The molecule has 0 saturated carbocycles. The number of ether oxygens (including phenoxy) is 1. The Balaban J connectivity index is 2.22. The zero-order valence-electron chi connectivity index (χ0n) is 7.90. The highest BCUT2D eigenvalue weighted by Gasteiger charge is 2.22. The smallest absolute Gasteiger partial charge is 0.203 e. The van der Waals surface area contributed by atoms with E-state index in [1.807, 2.05) is 0 Å². The minimum atomic E-state index is -1.26. The van der Waals surface area contributed by atoms with E-state index >= 15 is 0 Å². The first-order valence-corrected chi connectivity index (χ1v) is 4.69. The summed E-state index contributed by atoms with van der Waals surface area (Å²) in [5, 5.41) is 2.98. The Morgan fingerprint density at radius 3 is 2.60 bits per heavy atom. The Morgan fingerprint density at radius 2 is 1.93 bits per heavy atom. The van der Waals surface area contributed by atoms with Crippen molar-refractivity contribution in [3.63, 3.8) is 0 Å². The molecule has 0 aromatic heterocycles. The van der Waals surface area contributed by atoms with Crippen LogP contribution in [0.5, 0.6) is 5.75 Å². The zero-order chi connectivity index (χ0) is 10.8. The molecule has 1 unspecified atom stereocenters. The number of nitrogens with one attached hydrogen (secondary N) is 1. The summed E-state index contributed by atoms with van der Waals surface area (Å²) in [5.41, 5.74) is 0. The number of hydrogen-bond acceptors (Lipinski definition) is 2. The summed E-state index contributed by atoms with van der Waals surface area (Å²) < 4.78 is 44.1. The molecule has 1 aliphatic heterocycles. The highest BCUT2D eigenvalue weighted by atomic mass is 19.2. The third-order valence-corrected chi connectivity index (χ3v) is 2.30. The highest BCUT2D eigenvalue weighted by molar-refractivity contribution is 5.27. The molecule has 1 aliphatic rings. The average molecular weight is 217 g/mol. The van der Waals surface area contributed by atoms with Gasteiger partial charge in [-0.2, -0.15) is 4.39 Å². The van der Waals surface area contributed by atoms with Crippen LogP contribution in [0, 0.1) is 17.5 Å². The summed E-state index contributed by atoms with van der Waals surface area (Å²) >= 11 is 0. The van der Waals surface area contributed by atoms with Crippen molar-refractivity contribution in [1.29, 1.82) is 0 Å². The molecule has 0 bridgehead atoms. The Morgan fingerprint density at radius 1 is 1.20 bits per heavy atom. The van der Waals surface area contributed by atoms with Crippen molar-refractivity contribution in [2.75, 3.05) is 13.1 Å². The van der Waals surface area contributed by atoms with Crippen molar-refractivity contribution in [3.8, 4) is 5.75 Å². The number of rotatable bonds is 2. The minimum Gasteiger partial charge on any atom is -0.483 e. The van der Waals surface area contributed by atoms with Crippen molar-refractivity contribution in [1.82, 2.24) is 5.32 Å². The molecule has 1 atom stereocenters. The predicted octanol–water partition coefficient (Wildman–Crippen LogP) is 1.84. The first-order valence-electron chi connectivity index (χ1n) is 4.69. The topological polar surface area (TPSA) is 21.3 Å². The second-order valence-electron chi connectivity index (χ2n) is 3.40. The van der Waals surface area contributed by atoms with E-state index in [1.165, 1.54) is 0 Å². The van der Waals surface area contributed by atoms with Gasteiger partial charge >= 0.3 is 0 Å². The van der Waals surface area contributed by atoms with E-state index in [2.05, 4.69) is 5.32 Å². The number of halogens is 3. The number of benzene rings is 1. The molecule has 15 heavy (non-hydrogen) atoms. The van der Waals surface area contributed by atoms with Gasteiger partial charge < -0.3 is 10.1 Å². The molecular weight excluding hydrogens is 207 g/mol. The third-order valence-electron chi connectivity index (χ3n) is 2.30. The molecule has 2 nitrogen and oxygen atoms in total. The van der Waals surface area contributed by atoms with Crippen molar-refractivity contribution < 1.29 is 17.9 Å². The number of hydrogen-bond donors (Lipinski definition) is 1. The summed E-state index contributed by atoms with van der Waals surface area (Å²) in [5.74, 6) is -3.86. The fraction of sp³-hybridized carbons (Fsp3) is 0.400. The quantitative estimate of drug-likeness (QED) is 0.763. The summed E-state index contributed by atoms with van der Waals surface area (Å²) in [6, 6.07) is 1.60. The minimum absolute atomic E-state index is 0.296. The molecule has 0 amide bonds. The lowest BCUT2D eigenvalue weighted by molar-refractivity contribution is 0.199. The van der Waals surface area contributed by atoms with E-state index in [9.17, 15) is 13.2 Å². The SMILES string of the molecule is Fc1ccc(F)c(OC2CCNC2)c1F. The van der Waals surface area contributed by atoms with Crippen LogP contribution in [0.15, 0.2) is 12.1 Å². The molecule has 5 heteroatoms. The van der Waals surface area contributed by atoms with Crippen molar-refractivity contribution in [3.05, 3.63) is 29.6 Å². The molecule has 1 heterocycles. The maximum Gasteiger partial charge on any atom is 0.203 e. The van der Waals surface area contributed by atoms with E-state index in [4.69, 9.17) is 4.74 Å². The van der Waals surface area contributed by atoms with Crippen molar-refractivity contribution in [2.24, 2.45) is 0 Å². The van der Waals surface area contributed by atoms with Crippen molar-refractivity contribution in [2.45, 2.75) is 12.5 Å². The molecule has 1 aromatic carbocycles. The monoisotopic (exact) mass is 217 g/mol. The molecule has 82 valence electrons. The second kappa shape index (κ2) is 4.10. The van der Waals surface area contributed by atoms with Crippen LogP contribution in [0.3, 0.4) is 0 Å². The summed E-state index contributed by atoms with van der Waals surface area (Å²) in [6.45, 7) is 1.26. The van der Waals surface area contributed by atoms with Gasteiger partial charge in [-0.05, 0) is 25.1 Å². The maximum absolute atomic E-state index is 13.2. The van der Waals surface area contributed by atoms with Gasteiger partial charge in [0.25, 0.3) is 0 Å². The van der Waals surface area contributed by atoms with Crippen molar-refractivity contribution >= 4 is 0 Å². The van der Waals surface area contributed by atoms with Gasteiger partial charge in [-0.15, -0.1) is 0 Å². The molecule has 1 aromatic rings. The Kier molecular flexibility index (Phi) is 2.81. The van der Waals surface area contributed by atoms with Crippen LogP contribution in [0.4, 0.5) is 13.2 Å². The standard InChI is InChI=1S/C10H10F3NO/c11-7-1-2-8(12)10(9(7)13)15-6-3-4-14-5-6/h1-2,6,14H,3-5H2. The normalized spacial score (nSPS) is 20.6. The zero-order valence-corrected chi connectivity index (χ0v) is 7.90. The Hall–Kier alpha value is -1.23. The largest absolute Gasteiger partial charge is 0.483 e.